The molecule has 2 heterocycles. The van der Waals surface area contributed by atoms with Crippen molar-refractivity contribution in [1.29, 1.82) is 0 Å². The van der Waals surface area contributed by atoms with E-state index in [2.05, 4.69) is 51.9 Å². The molecular formula is C45H27N3O2. The number of carbonyl (C=O) groups is 2. The third kappa shape index (κ3) is 4.55. The normalized spacial score (nSPS) is 12.4. The van der Waals surface area contributed by atoms with Gasteiger partial charge < -0.3 is 4.57 Å². The van der Waals surface area contributed by atoms with Crippen LogP contribution in [0.15, 0.2) is 164 Å². The number of aromatic nitrogens is 1. The molecule has 1 aliphatic heterocycles. The Morgan fingerprint density at radius 2 is 1.06 bits per heavy atom. The van der Waals surface area contributed by atoms with Crippen molar-refractivity contribution >= 4 is 45.0 Å². The molecular weight excluding hydrogens is 615 g/mol. The monoisotopic (exact) mass is 641 g/mol. The molecule has 1 aliphatic rings. The van der Waals surface area contributed by atoms with Crippen LogP contribution in [0.1, 0.15) is 20.7 Å². The number of imide groups is 1. The Labute approximate surface area is 288 Å². The van der Waals surface area contributed by atoms with Crippen LogP contribution < -0.4 is 4.90 Å². The topological polar surface area (TPSA) is 46.7 Å². The van der Waals surface area contributed by atoms with Crippen LogP contribution in [0.5, 0.6) is 0 Å². The maximum absolute atomic E-state index is 14.7. The summed E-state index contributed by atoms with van der Waals surface area (Å²) in [4.78, 5) is 33.9. The molecule has 0 bridgehead atoms. The standard InChI is InChI=1S/C45H27N3O2/c1-46-34-23-19-30(20-24-34)33-22-26-41-38(28-33)35-15-8-9-17-39(35)47(41)42-18-10-16-36-43(42)45(50)48(44(36)49)40-25-21-32(29-11-4-2-5-12-29)27-37(40)31-13-6-3-7-14-31/h2-28H. The molecule has 0 saturated heterocycles. The van der Waals surface area contributed by atoms with E-state index in [1.54, 1.807) is 6.07 Å². The highest BCUT2D eigenvalue weighted by Gasteiger charge is 2.40. The first-order valence-electron chi connectivity index (χ1n) is 16.4. The Morgan fingerprint density at radius 3 is 1.82 bits per heavy atom. The van der Waals surface area contributed by atoms with Crippen LogP contribution >= 0.6 is 0 Å². The molecule has 0 N–H and O–H groups in total. The summed E-state index contributed by atoms with van der Waals surface area (Å²) in [6.07, 6.45) is 0. The number of para-hydroxylation sites is 1. The molecule has 2 amide bonds. The molecule has 9 rings (SSSR count). The summed E-state index contributed by atoms with van der Waals surface area (Å²) in [6.45, 7) is 7.31. The molecule has 1 aromatic heterocycles. The molecule has 0 spiro atoms. The average Bonchev–Trinajstić information content (AvgIpc) is 3.65. The van der Waals surface area contributed by atoms with E-state index >= 15 is 0 Å². The van der Waals surface area contributed by atoms with E-state index in [9.17, 15) is 9.59 Å². The molecule has 0 aliphatic carbocycles. The lowest BCUT2D eigenvalue weighted by Gasteiger charge is -2.20. The molecule has 0 atom stereocenters. The molecule has 8 aromatic rings. The first-order valence-corrected chi connectivity index (χ1v) is 16.4. The Kier molecular flexibility index (Phi) is 6.75. The van der Waals surface area contributed by atoms with Crippen molar-refractivity contribution < 1.29 is 9.59 Å². The van der Waals surface area contributed by atoms with Crippen molar-refractivity contribution in [3.8, 4) is 39.1 Å². The van der Waals surface area contributed by atoms with Crippen LogP contribution in [0.4, 0.5) is 11.4 Å². The zero-order valence-electron chi connectivity index (χ0n) is 26.7. The Balaban J connectivity index is 1.21. The van der Waals surface area contributed by atoms with E-state index in [-0.39, 0.29) is 11.8 Å². The molecule has 0 fully saturated rings. The fourth-order valence-corrected chi connectivity index (χ4v) is 7.20. The van der Waals surface area contributed by atoms with Crippen molar-refractivity contribution in [3.63, 3.8) is 0 Å². The second kappa shape index (κ2) is 11.6. The molecule has 7 aromatic carbocycles. The molecule has 5 nitrogen and oxygen atoms in total. The number of fused-ring (bicyclic) bond motifs is 4. The van der Waals surface area contributed by atoms with Crippen LogP contribution in [0, 0.1) is 6.57 Å². The number of hydrogen-bond donors (Lipinski definition) is 0. The van der Waals surface area contributed by atoms with Gasteiger partial charge >= 0.3 is 0 Å². The zero-order valence-corrected chi connectivity index (χ0v) is 26.7. The third-order valence-corrected chi connectivity index (χ3v) is 9.57. The Morgan fingerprint density at radius 1 is 0.440 bits per heavy atom. The van der Waals surface area contributed by atoms with E-state index in [0.717, 1.165) is 55.2 Å². The number of hydrogen-bond acceptors (Lipinski definition) is 2. The summed E-state index contributed by atoms with van der Waals surface area (Å²) < 4.78 is 2.10. The average molecular weight is 642 g/mol. The number of nitrogens with zero attached hydrogens (tertiary/aromatic N) is 3. The summed E-state index contributed by atoms with van der Waals surface area (Å²) in [6, 6.07) is 53.4. The van der Waals surface area contributed by atoms with Crippen molar-refractivity contribution in [2.45, 2.75) is 0 Å². The van der Waals surface area contributed by atoms with E-state index in [0.29, 0.717) is 28.2 Å². The van der Waals surface area contributed by atoms with Crippen molar-refractivity contribution in [2.75, 3.05) is 4.90 Å². The first kappa shape index (κ1) is 29.1. The number of benzene rings is 7. The van der Waals surface area contributed by atoms with Gasteiger partial charge in [-0.25, -0.2) is 9.74 Å². The van der Waals surface area contributed by atoms with Crippen LogP contribution in [0.3, 0.4) is 0 Å². The van der Waals surface area contributed by atoms with Gasteiger partial charge in [-0.15, -0.1) is 0 Å². The maximum Gasteiger partial charge on any atom is 0.268 e. The van der Waals surface area contributed by atoms with Gasteiger partial charge in [0.15, 0.2) is 5.69 Å². The van der Waals surface area contributed by atoms with Gasteiger partial charge in [0, 0.05) is 16.3 Å². The summed E-state index contributed by atoms with van der Waals surface area (Å²) in [5.41, 5.74) is 10.2. The zero-order chi connectivity index (χ0) is 33.8. The highest BCUT2D eigenvalue weighted by molar-refractivity contribution is 6.36. The van der Waals surface area contributed by atoms with Gasteiger partial charge in [-0.2, -0.15) is 0 Å². The highest BCUT2D eigenvalue weighted by Crippen LogP contribution is 2.42. The fraction of sp³-hybridized carbons (Fsp3) is 0. The number of carbonyl (C=O) groups excluding carboxylic acids is 2. The Bertz CT molecular complexity index is 2690. The lowest BCUT2D eigenvalue weighted by atomic mass is 9.97. The van der Waals surface area contributed by atoms with E-state index < -0.39 is 0 Å². The second-order valence-corrected chi connectivity index (χ2v) is 12.4. The first-order chi connectivity index (χ1) is 24.6. The number of anilines is 1. The van der Waals surface area contributed by atoms with Gasteiger partial charge in [0.2, 0.25) is 0 Å². The van der Waals surface area contributed by atoms with Gasteiger partial charge in [0.05, 0.1) is 40.1 Å². The highest BCUT2D eigenvalue weighted by atomic mass is 16.2. The predicted molar refractivity (Wildman–Crippen MR) is 201 cm³/mol. The van der Waals surface area contributed by atoms with Crippen LogP contribution in [0.2, 0.25) is 0 Å². The summed E-state index contributed by atoms with van der Waals surface area (Å²) in [5, 5.41) is 2.07. The van der Waals surface area contributed by atoms with Crippen LogP contribution in [0.25, 0.3) is 65.7 Å². The molecule has 0 radical (unpaired) electrons. The van der Waals surface area contributed by atoms with Crippen molar-refractivity contribution in [3.05, 3.63) is 186 Å². The molecule has 50 heavy (non-hydrogen) atoms. The quantitative estimate of drug-likeness (QED) is 0.139. The van der Waals surface area contributed by atoms with E-state index in [1.807, 2.05) is 115 Å². The largest absolute Gasteiger partial charge is 0.308 e. The van der Waals surface area contributed by atoms with Gasteiger partial charge in [-0.3, -0.25) is 9.59 Å². The molecule has 5 heteroatoms. The molecule has 0 unspecified atom stereocenters. The summed E-state index contributed by atoms with van der Waals surface area (Å²) in [5.74, 6) is -0.699. The van der Waals surface area contributed by atoms with E-state index in [4.69, 9.17) is 6.57 Å². The van der Waals surface area contributed by atoms with Gasteiger partial charge in [0.1, 0.15) is 0 Å². The second-order valence-electron chi connectivity index (χ2n) is 12.4. The third-order valence-electron chi connectivity index (χ3n) is 9.57. The maximum atomic E-state index is 14.7. The summed E-state index contributed by atoms with van der Waals surface area (Å²) in [7, 11) is 0. The van der Waals surface area contributed by atoms with Crippen molar-refractivity contribution in [1.82, 2.24) is 4.57 Å². The minimum atomic E-state index is -0.354. The SMILES string of the molecule is [C-]#[N+]c1ccc(-c2ccc3c(c2)c2ccccc2n3-c2cccc3c2C(=O)N(c2ccc(-c4ccccc4)cc2-c2ccccc2)C3=O)cc1. The smallest absolute Gasteiger partial charge is 0.268 e. The Hall–Kier alpha value is -7.03. The van der Waals surface area contributed by atoms with Gasteiger partial charge in [0.25, 0.3) is 11.8 Å². The van der Waals surface area contributed by atoms with Gasteiger partial charge in [-0.1, -0.05) is 121 Å². The van der Waals surface area contributed by atoms with Gasteiger partial charge in [-0.05, 0) is 70.3 Å². The van der Waals surface area contributed by atoms with Crippen molar-refractivity contribution in [2.24, 2.45) is 0 Å². The number of rotatable bonds is 5. The number of amides is 2. The minimum Gasteiger partial charge on any atom is -0.308 e. The molecule has 0 saturated carbocycles. The lowest BCUT2D eigenvalue weighted by Crippen LogP contribution is -2.30. The minimum absolute atomic E-state index is 0.345. The predicted octanol–water partition coefficient (Wildman–Crippen LogP) is 11.1. The summed E-state index contributed by atoms with van der Waals surface area (Å²) >= 11 is 0. The van der Waals surface area contributed by atoms with Crippen LogP contribution in [-0.2, 0) is 0 Å². The fourth-order valence-electron chi connectivity index (χ4n) is 7.20. The lowest BCUT2D eigenvalue weighted by molar-refractivity contribution is 0.0926. The molecule has 234 valence electrons. The van der Waals surface area contributed by atoms with E-state index in [1.165, 1.54) is 4.90 Å². The van der Waals surface area contributed by atoms with Crippen LogP contribution in [-0.4, -0.2) is 16.4 Å².